The van der Waals surface area contributed by atoms with Gasteiger partial charge in [0.2, 0.25) is 11.8 Å². The summed E-state index contributed by atoms with van der Waals surface area (Å²) in [7, 11) is 0. The molecule has 0 bridgehead atoms. The van der Waals surface area contributed by atoms with Crippen LogP contribution < -0.4 is 10.6 Å². The van der Waals surface area contributed by atoms with Gasteiger partial charge in [0.25, 0.3) is 0 Å². The first-order valence-corrected chi connectivity index (χ1v) is 7.09. The van der Waals surface area contributed by atoms with Gasteiger partial charge >= 0.3 is 0 Å². The normalized spacial score (nSPS) is 10.8. The average molecular weight is 272 g/mol. The van der Waals surface area contributed by atoms with Crippen molar-refractivity contribution in [3.05, 3.63) is 0 Å². The summed E-state index contributed by atoms with van der Waals surface area (Å²) >= 11 is 0. The predicted octanol–water partition coefficient (Wildman–Crippen LogP) is 1.47. The lowest BCUT2D eigenvalue weighted by atomic mass is 10.2. The first-order valence-electron chi connectivity index (χ1n) is 7.09. The van der Waals surface area contributed by atoms with Crippen LogP contribution in [-0.2, 0) is 14.3 Å². The number of carbonyl (C=O) groups excluding carboxylic acids is 2. The molecule has 0 aliphatic heterocycles. The highest BCUT2D eigenvalue weighted by molar-refractivity contribution is 5.77. The maximum Gasteiger partial charge on any atom is 0.246 e. The van der Waals surface area contributed by atoms with E-state index in [2.05, 4.69) is 10.6 Å². The predicted molar refractivity (Wildman–Crippen MR) is 75.8 cm³/mol. The van der Waals surface area contributed by atoms with Crippen LogP contribution in [-0.4, -0.2) is 37.6 Å². The van der Waals surface area contributed by atoms with Gasteiger partial charge in [-0.05, 0) is 33.1 Å². The van der Waals surface area contributed by atoms with Crippen LogP contribution in [0.15, 0.2) is 0 Å². The molecule has 2 N–H and O–H groups in total. The monoisotopic (exact) mass is 272 g/mol. The Balaban J connectivity index is 3.31. The van der Waals surface area contributed by atoms with Crippen molar-refractivity contribution in [3.63, 3.8) is 0 Å². The van der Waals surface area contributed by atoms with Crippen LogP contribution in [0.1, 0.15) is 47.0 Å². The highest BCUT2D eigenvalue weighted by Gasteiger charge is 2.05. The number of hydrogen-bond donors (Lipinski definition) is 2. The summed E-state index contributed by atoms with van der Waals surface area (Å²) in [6.45, 7) is 9.06. The zero-order chi connectivity index (χ0) is 14.7. The van der Waals surface area contributed by atoms with Crippen LogP contribution in [0, 0.1) is 5.92 Å². The van der Waals surface area contributed by atoms with E-state index in [4.69, 9.17) is 4.74 Å². The Morgan fingerprint density at radius 1 is 0.947 bits per heavy atom. The summed E-state index contributed by atoms with van der Waals surface area (Å²) < 4.78 is 5.19. The maximum atomic E-state index is 11.3. The van der Waals surface area contributed by atoms with Gasteiger partial charge in [-0.3, -0.25) is 9.59 Å². The van der Waals surface area contributed by atoms with Crippen molar-refractivity contribution in [1.29, 1.82) is 0 Å². The second kappa shape index (κ2) is 10.8. The zero-order valence-corrected chi connectivity index (χ0v) is 12.6. The van der Waals surface area contributed by atoms with Crippen molar-refractivity contribution in [2.45, 2.75) is 53.1 Å². The molecule has 0 heterocycles. The molecule has 0 atom stereocenters. The van der Waals surface area contributed by atoms with E-state index in [9.17, 15) is 9.59 Å². The van der Waals surface area contributed by atoms with Crippen molar-refractivity contribution in [3.8, 4) is 0 Å². The minimum Gasteiger partial charge on any atom is -0.369 e. The number of unbranched alkanes of at least 4 members (excludes halogenated alkanes) is 2. The molecule has 0 rings (SSSR count). The third kappa shape index (κ3) is 11.7. The van der Waals surface area contributed by atoms with Crippen LogP contribution in [0.25, 0.3) is 0 Å². The van der Waals surface area contributed by atoms with Gasteiger partial charge in [0.05, 0.1) is 6.10 Å². The van der Waals surface area contributed by atoms with Crippen LogP contribution in [0.2, 0.25) is 0 Å². The molecule has 19 heavy (non-hydrogen) atoms. The van der Waals surface area contributed by atoms with E-state index in [0.29, 0.717) is 13.1 Å². The Labute approximate surface area is 116 Å². The molecule has 5 heteroatoms. The molecule has 0 aliphatic rings. The number of amides is 2. The summed E-state index contributed by atoms with van der Waals surface area (Å²) in [5.41, 5.74) is 0. The molecule has 0 saturated carbocycles. The first kappa shape index (κ1) is 17.9. The van der Waals surface area contributed by atoms with Crippen molar-refractivity contribution in [2.75, 3.05) is 19.7 Å². The van der Waals surface area contributed by atoms with E-state index in [-0.39, 0.29) is 30.4 Å². The molecule has 2 amide bonds. The van der Waals surface area contributed by atoms with E-state index in [1.807, 2.05) is 27.7 Å². The Morgan fingerprint density at radius 2 is 1.53 bits per heavy atom. The lowest BCUT2D eigenvalue weighted by Crippen LogP contribution is -2.30. The standard InChI is InChI=1S/C14H28N2O3/c1-11(2)14(18)16-9-7-5-6-8-15-13(17)10-19-12(3)4/h11-12H,5-10H2,1-4H3,(H,15,17)(H,16,18). The van der Waals surface area contributed by atoms with E-state index in [1.165, 1.54) is 0 Å². The summed E-state index contributed by atoms with van der Waals surface area (Å²) in [6, 6.07) is 0. The largest absolute Gasteiger partial charge is 0.369 e. The number of hydrogen-bond acceptors (Lipinski definition) is 3. The van der Waals surface area contributed by atoms with Gasteiger partial charge in [-0.2, -0.15) is 0 Å². The van der Waals surface area contributed by atoms with Gasteiger partial charge in [0.15, 0.2) is 0 Å². The highest BCUT2D eigenvalue weighted by Crippen LogP contribution is 1.95. The van der Waals surface area contributed by atoms with Crippen molar-refractivity contribution in [1.82, 2.24) is 10.6 Å². The lowest BCUT2D eigenvalue weighted by Gasteiger charge is -2.09. The zero-order valence-electron chi connectivity index (χ0n) is 12.6. The van der Waals surface area contributed by atoms with Gasteiger partial charge in [-0.15, -0.1) is 0 Å². The van der Waals surface area contributed by atoms with Crippen molar-refractivity contribution in [2.24, 2.45) is 5.92 Å². The molecule has 0 saturated heterocycles. The molecule has 0 aliphatic carbocycles. The van der Waals surface area contributed by atoms with Crippen LogP contribution in [0.5, 0.6) is 0 Å². The molecule has 0 fully saturated rings. The molecule has 0 aromatic heterocycles. The highest BCUT2D eigenvalue weighted by atomic mass is 16.5. The molecular weight excluding hydrogens is 244 g/mol. The molecule has 0 aromatic rings. The Bertz CT molecular complexity index is 265. The smallest absolute Gasteiger partial charge is 0.246 e. The van der Waals surface area contributed by atoms with E-state index in [0.717, 1.165) is 19.3 Å². The summed E-state index contributed by atoms with van der Waals surface area (Å²) in [5.74, 6) is 0.0705. The summed E-state index contributed by atoms with van der Waals surface area (Å²) in [4.78, 5) is 22.6. The lowest BCUT2D eigenvalue weighted by molar-refractivity contribution is -0.127. The molecule has 0 spiro atoms. The third-order valence-electron chi connectivity index (χ3n) is 2.55. The summed E-state index contributed by atoms with van der Waals surface area (Å²) in [6.07, 6.45) is 2.93. The fourth-order valence-corrected chi connectivity index (χ4v) is 1.36. The van der Waals surface area contributed by atoms with Crippen molar-refractivity contribution < 1.29 is 14.3 Å². The van der Waals surface area contributed by atoms with E-state index in [1.54, 1.807) is 0 Å². The SMILES string of the molecule is CC(C)OCC(=O)NCCCCCNC(=O)C(C)C. The Hall–Kier alpha value is -1.10. The number of carbonyl (C=O) groups is 2. The third-order valence-corrected chi connectivity index (χ3v) is 2.55. The molecule has 0 unspecified atom stereocenters. The maximum absolute atomic E-state index is 11.3. The topological polar surface area (TPSA) is 67.4 Å². The van der Waals surface area contributed by atoms with Crippen LogP contribution >= 0.6 is 0 Å². The van der Waals surface area contributed by atoms with Gasteiger partial charge in [-0.1, -0.05) is 13.8 Å². The molecule has 0 radical (unpaired) electrons. The van der Waals surface area contributed by atoms with Crippen LogP contribution in [0.3, 0.4) is 0 Å². The summed E-state index contributed by atoms with van der Waals surface area (Å²) in [5, 5.41) is 5.67. The second-order valence-electron chi connectivity index (χ2n) is 5.22. The minimum absolute atomic E-state index is 0.0419. The quantitative estimate of drug-likeness (QED) is 0.592. The Morgan fingerprint density at radius 3 is 2.05 bits per heavy atom. The molecule has 0 aromatic carbocycles. The fourth-order valence-electron chi connectivity index (χ4n) is 1.36. The fraction of sp³-hybridized carbons (Fsp3) is 0.857. The average Bonchev–Trinajstić information content (AvgIpc) is 2.34. The van der Waals surface area contributed by atoms with E-state index < -0.39 is 0 Å². The van der Waals surface area contributed by atoms with E-state index >= 15 is 0 Å². The molecular formula is C14H28N2O3. The number of nitrogens with one attached hydrogen (secondary N) is 2. The Kier molecular flexibility index (Phi) is 10.2. The molecule has 112 valence electrons. The first-order chi connectivity index (χ1) is 8.93. The number of rotatable bonds is 10. The molecule has 5 nitrogen and oxygen atoms in total. The van der Waals surface area contributed by atoms with Gasteiger partial charge in [0.1, 0.15) is 6.61 Å². The minimum atomic E-state index is -0.0678. The van der Waals surface area contributed by atoms with Crippen molar-refractivity contribution >= 4 is 11.8 Å². The second-order valence-corrected chi connectivity index (χ2v) is 5.22. The van der Waals surface area contributed by atoms with Gasteiger partial charge in [0, 0.05) is 19.0 Å². The van der Waals surface area contributed by atoms with Gasteiger partial charge < -0.3 is 15.4 Å². The number of ether oxygens (including phenoxy) is 1. The van der Waals surface area contributed by atoms with Crippen LogP contribution in [0.4, 0.5) is 0 Å². The van der Waals surface area contributed by atoms with Gasteiger partial charge in [-0.25, -0.2) is 0 Å².